The molecule has 29 heavy (non-hydrogen) atoms. The molecule has 1 radical (unpaired) electrons. The number of hydrogen-bond donors (Lipinski definition) is 0. The Morgan fingerprint density at radius 2 is 1.00 bits per heavy atom. The maximum Gasteiger partial charge on any atom is 0.123 e. The van der Waals surface area contributed by atoms with Crippen molar-refractivity contribution in [3.8, 4) is 0 Å². The zero-order valence-corrected chi connectivity index (χ0v) is 16.1. The van der Waals surface area contributed by atoms with Gasteiger partial charge in [0.05, 0.1) is 5.41 Å². The highest BCUT2D eigenvalue weighted by atomic mass is 35.5. The summed E-state index contributed by atoms with van der Waals surface area (Å²) in [5.41, 5.74) is 0.274. The van der Waals surface area contributed by atoms with Crippen LogP contribution in [0, 0.1) is 24.4 Å². The van der Waals surface area contributed by atoms with E-state index in [-0.39, 0.29) is 17.5 Å². The lowest BCUT2D eigenvalue weighted by Crippen LogP contribution is -2.47. The SMILES string of the molecule is [CH2]C1(c2ccc(F)cc2)C=CC(Cl)=CC1(c1ccc(F)cc1)c1ccc(F)cc1. The standard InChI is InChI=1S/C25H17ClF3/c1-24(17-2-8-21(27)9-3-17)15-14-20(26)16-25(24,18-4-10-22(28)11-5-18)19-6-12-23(29)13-7-19/h2-16H,1H2. The molecule has 0 bridgehead atoms. The van der Waals surface area contributed by atoms with E-state index >= 15 is 0 Å². The highest BCUT2D eigenvalue weighted by Crippen LogP contribution is 2.53. The Kier molecular flexibility index (Phi) is 4.87. The first kappa shape index (κ1) is 19.5. The molecule has 1 aliphatic rings. The first-order valence-corrected chi connectivity index (χ1v) is 9.44. The summed E-state index contributed by atoms with van der Waals surface area (Å²) < 4.78 is 41.0. The van der Waals surface area contributed by atoms with Crippen LogP contribution < -0.4 is 0 Å². The van der Waals surface area contributed by atoms with Crippen LogP contribution in [0.15, 0.2) is 96.1 Å². The van der Waals surface area contributed by atoms with E-state index in [4.69, 9.17) is 11.6 Å². The molecule has 3 aromatic carbocycles. The molecule has 0 spiro atoms. The molecule has 0 aliphatic heterocycles. The number of allylic oxidation sites excluding steroid dienone is 4. The van der Waals surface area contributed by atoms with E-state index in [1.54, 1.807) is 42.5 Å². The Labute approximate surface area is 173 Å². The van der Waals surface area contributed by atoms with Gasteiger partial charge >= 0.3 is 0 Å². The summed E-state index contributed by atoms with van der Waals surface area (Å²) in [7, 11) is 0. The summed E-state index contributed by atoms with van der Waals surface area (Å²) in [6.07, 6.45) is 5.43. The molecule has 0 amide bonds. The van der Waals surface area contributed by atoms with Crippen molar-refractivity contribution >= 4 is 11.6 Å². The van der Waals surface area contributed by atoms with Gasteiger partial charge in [0.25, 0.3) is 0 Å². The van der Waals surface area contributed by atoms with Crippen molar-refractivity contribution in [2.75, 3.05) is 0 Å². The lowest BCUT2D eigenvalue weighted by atomic mass is 9.53. The predicted octanol–water partition coefficient (Wildman–Crippen LogP) is 6.85. The number of hydrogen-bond acceptors (Lipinski definition) is 0. The van der Waals surface area contributed by atoms with Crippen molar-refractivity contribution in [3.05, 3.63) is 137 Å². The number of benzene rings is 3. The summed E-state index contributed by atoms with van der Waals surface area (Å²) >= 11 is 6.44. The molecule has 0 heterocycles. The van der Waals surface area contributed by atoms with Crippen molar-refractivity contribution < 1.29 is 13.2 Å². The van der Waals surface area contributed by atoms with Crippen LogP contribution in [0.3, 0.4) is 0 Å². The molecule has 4 heteroatoms. The molecule has 4 rings (SSSR count). The molecule has 0 aromatic heterocycles. The second-order valence-corrected chi connectivity index (χ2v) is 7.60. The highest BCUT2D eigenvalue weighted by molar-refractivity contribution is 6.31. The second-order valence-electron chi connectivity index (χ2n) is 7.16. The first-order chi connectivity index (χ1) is 13.8. The largest absolute Gasteiger partial charge is 0.207 e. The Morgan fingerprint density at radius 1 is 0.621 bits per heavy atom. The van der Waals surface area contributed by atoms with E-state index in [1.165, 1.54) is 36.4 Å². The third-order valence-corrected chi connectivity index (χ3v) is 5.78. The molecule has 3 aromatic rings. The number of rotatable bonds is 3. The minimum absolute atomic E-state index is 0.361. The van der Waals surface area contributed by atoms with E-state index in [9.17, 15) is 13.2 Å². The minimum atomic E-state index is -0.974. The zero-order valence-electron chi connectivity index (χ0n) is 15.4. The van der Waals surface area contributed by atoms with Gasteiger partial charge in [-0.1, -0.05) is 54.1 Å². The predicted molar refractivity (Wildman–Crippen MR) is 110 cm³/mol. The van der Waals surface area contributed by atoms with Crippen molar-refractivity contribution in [2.45, 2.75) is 10.8 Å². The molecule has 0 saturated heterocycles. The minimum Gasteiger partial charge on any atom is -0.207 e. The normalized spacial score (nSPS) is 20.4. The third-order valence-electron chi connectivity index (χ3n) is 5.54. The van der Waals surface area contributed by atoms with Crippen LogP contribution in [0.25, 0.3) is 0 Å². The lowest BCUT2D eigenvalue weighted by Gasteiger charge is -2.48. The molecule has 0 nitrogen and oxygen atoms in total. The van der Waals surface area contributed by atoms with Crippen LogP contribution in [0.5, 0.6) is 0 Å². The molecule has 0 fully saturated rings. The smallest absolute Gasteiger partial charge is 0.123 e. The van der Waals surface area contributed by atoms with Gasteiger partial charge in [-0.25, -0.2) is 13.2 Å². The fraction of sp³-hybridized carbons (Fsp3) is 0.0800. The van der Waals surface area contributed by atoms with Crippen molar-refractivity contribution in [2.24, 2.45) is 0 Å². The van der Waals surface area contributed by atoms with Crippen molar-refractivity contribution in [1.82, 2.24) is 0 Å². The maximum atomic E-state index is 13.7. The van der Waals surface area contributed by atoms with Crippen LogP contribution in [0.1, 0.15) is 16.7 Å². The van der Waals surface area contributed by atoms with Crippen molar-refractivity contribution in [1.29, 1.82) is 0 Å². The van der Waals surface area contributed by atoms with E-state index in [0.29, 0.717) is 5.03 Å². The summed E-state index contributed by atoms with van der Waals surface area (Å²) in [5, 5.41) is 0.472. The summed E-state index contributed by atoms with van der Waals surface area (Å²) in [5.74, 6) is -1.11. The highest BCUT2D eigenvalue weighted by Gasteiger charge is 2.50. The average molecular weight is 410 g/mol. The van der Waals surface area contributed by atoms with Gasteiger partial charge in [-0.2, -0.15) is 0 Å². The maximum absolute atomic E-state index is 13.7. The third kappa shape index (κ3) is 3.20. The van der Waals surface area contributed by atoms with Gasteiger partial charge in [-0.05, 0) is 72.2 Å². The first-order valence-electron chi connectivity index (χ1n) is 9.06. The van der Waals surface area contributed by atoms with Crippen molar-refractivity contribution in [3.63, 3.8) is 0 Å². The van der Waals surface area contributed by atoms with Gasteiger partial charge in [0.2, 0.25) is 0 Å². The fourth-order valence-corrected chi connectivity index (χ4v) is 4.31. The van der Waals surface area contributed by atoms with Gasteiger partial charge < -0.3 is 0 Å². The Bertz CT molecular complexity index is 1030. The Hall–Kier alpha value is -2.78. The monoisotopic (exact) mass is 409 g/mol. The van der Waals surface area contributed by atoms with Gasteiger partial charge in [-0.15, -0.1) is 0 Å². The molecular formula is C25H17ClF3. The zero-order chi connectivity index (χ0) is 20.6. The van der Waals surface area contributed by atoms with Crippen LogP contribution in [-0.2, 0) is 10.8 Å². The molecule has 1 atom stereocenters. The van der Waals surface area contributed by atoms with E-state index in [2.05, 4.69) is 6.92 Å². The second kappa shape index (κ2) is 7.23. The molecular weight excluding hydrogens is 393 g/mol. The van der Waals surface area contributed by atoms with E-state index < -0.39 is 10.8 Å². The Balaban J connectivity index is 2.07. The van der Waals surface area contributed by atoms with Gasteiger partial charge in [0.15, 0.2) is 0 Å². The van der Waals surface area contributed by atoms with Gasteiger partial charge in [0.1, 0.15) is 17.5 Å². The fourth-order valence-electron chi connectivity index (χ4n) is 4.08. The summed E-state index contributed by atoms with van der Waals surface area (Å²) in [6, 6.07) is 18.2. The molecule has 145 valence electrons. The van der Waals surface area contributed by atoms with Crippen LogP contribution in [0.4, 0.5) is 13.2 Å². The summed E-state index contributed by atoms with van der Waals surface area (Å²) in [4.78, 5) is 0. The van der Waals surface area contributed by atoms with Gasteiger partial charge in [-0.3, -0.25) is 0 Å². The Morgan fingerprint density at radius 3 is 1.41 bits per heavy atom. The summed E-state index contributed by atoms with van der Waals surface area (Å²) in [6.45, 7) is 4.51. The molecule has 1 unspecified atom stereocenters. The average Bonchev–Trinajstić information content (AvgIpc) is 2.71. The van der Waals surface area contributed by atoms with Crippen LogP contribution >= 0.6 is 11.6 Å². The quantitative estimate of drug-likeness (QED) is 0.443. The van der Waals surface area contributed by atoms with Gasteiger partial charge in [0, 0.05) is 10.4 Å². The van der Waals surface area contributed by atoms with Crippen LogP contribution in [-0.4, -0.2) is 0 Å². The van der Waals surface area contributed by atoms with Crippen LogP contribution in [0.2, 0.25) is 0 Å². The topological polar surface area (TPSA) is 0 Å². The molecule has 0 N–H and O–H groups in total. The molecule has 0 saturated carbocycles. The number of halogens is 4. The lowest BCUT2D eigenvalue weighted by molar-refractivity contribution is 0.451. The van der Waals surface area contributed by atoms with E-state index in [1.807, 2.05) is 12.2 Å². The van der Waals surface area contributed by atoms with E-state index in [0.717, 1.165) is 16.7 Å². The molecule has 1 aliphatic carbocycles.